The van der Waals surface area contributed by atoms with Gasteiger partial charge in [0.25, 0.3) is 5.91 Å². The first-order valence-corrected chi connectivity index (χ1v) is 28.1. The summed E-state index contributed by atoms with van der Waals surface area (Å²) in [5.41, 5.74) is 7.12. The first-order valence-electron chi connectivity index (χ1n) is 27.3. The van der Waals surface area contributed by atoms with Gasteiger partial charge in [0.1, 0.15) is 22.7 Å². The van der Waals surface area contributed by atoms with E-state index in [1.807, 2.05) is 111 Å². The van der Waals surface area contributed by atoms with Crippen molar-refractivity contribution < 1.29 is 28.7 Å². The smallest absolute Gasteiger partial charge is 0.358 e. The minimum Gasteiger partial charge on any atom is -0.490 e. The number of piperazine rings is 1. The minimum atomic E-state index is -0.738. The molecule has 77 heavy (non-hydrogen) atoms. The van der Waals surface area contributed by atoms with Gasteiger partial charge in [-0.3, -0.25) is 34.6 Å². The number of para-hydroxylation sites is 1. The van der Waals surface area contributed by atoms with Crippen LogP contribution in [0.2, 0.25) is 0 Å². The van der Waals surface area contributed by atoms with Crippen LogP contribution in [0.15, 0.2) is 85.1 Å². The van der Waals surface area contributed by atoms with Crippen molar-refractivity contribution in [1.82, 2.24) is 34.9 Å². The molecule has 2 saturated heterocycles. The van der Waals surface area contributed by atoms with E-state index in [0.29, 0.717) is 72.0 Å². The van der Waals surface area contributed by atoms with Crippen LogP contribution in [-0.4, -0.2) is 104 Å². The van der Waals surface area contributed by atoms with Crippen LogP contribution >= 0.6 is 11.3 Å². The molecule has 11 rings (SSSR count). The second-order valence-corrected chi connectivity index (χ2v) is 23.5. The van der Waals surface area contributed by atoms with Crippen LogP contribution in [0.5, 0.6) is 5.75 Å². The molecule has 1 unspecified atom stereocenters. The van der Waals surface area contributed by atoms with Gasteiger partial charge in [0, 0.05) is 82.0 Å². The van der Waals surface area contributed by atoms with Gasteiger partial charge in [0.2, 0.25) is 11.8 Å². The average molecular weight is 1060 g/mol. The standard InChI is InChI=1S/C60H68N10O6S/c1-36(34-68-29-31-69(32-30-68)55-54-44(25-27-61-55)52(66-67(54)6)45-22-24-51(71)64-57(45)73)33-38-17-19-40(20-18-38)75-48-15-10-12-41(37(48)2)42-21-23-50(63-53(42)58(74)76-60(3,4)5)70-28-26-39-11-9-13-43(46(39)35-70)56(72)65-59-62-47-14-7-8-16-49(47)77-59/h7-16,21,23,25,27,36,38,40,45H,17-20,22,24,26,28-35H2,1-6H3,(H,62,65,72)(H,64,71,73)/t36-,38?,40?,45?/m0/s1. The molecule has 2 N–H and O–H groups in total. The molecule has 3 amide bonds. The fraction of sp³-hybridized carbons (Fsp3) is 0.433. The van der Waals surface area contributed by atoms with Gasteiger partial charge in [-0.1, -0.05) is 54.7 Å². The van der Waals surface area contributed by atoms with E-state index in [1.54, 1.807) is 0 Å². The number of hydrogen-bond donors (Lipinski definition) is 2. The zero-order chi connectivity index (χ0) is 53.5. The van der Waals surface area contributed by atoms with Crippen molar-refractivity contribution >= 4 is 72.9 Å². The SMILES string of the molecule is Cc1c(OC2CCC(C[C@H](C)CN3CCN(c4nccc5c(C6CCC(=O)NC6=O)nn(C)c45)CC3)CC2)cccc1-c1ccc(N2CCc3cccc(C(=O)Nc4nc5ccccc5s4)c3C2)nc1C(=O)OC(C)(C)C. The number of aromatic nitrogens is 5. The Balaban J connectivity index is 0.709. The molecular formula is C60H68N10O6S. The first kappa shape index (κ1) is 51.8. The molecule has 0 spiro atoms. The van der Waals surface area contributed by atoms with E-state index in [4.69, 9.17) is 24.5 Å². The van der Waals surface area contributed by atoms with Crippen molar-refractivity contribution in [3.8, 4) is 16.9 Å². The monoisotopic (exact) mass is 1060 g/mol. The van der Waals surface area contributed by atoms with E-state index in [9.17, 15) is 19.2 Å². The molecule has 1 aliphatic carbocycles. The number of fused-ring (bicyclic) bond motifs is 3. The molecule has 2 atom stereocenters. The van der Waals surface area contributed by atoms with Crippen LogP contribution in [0.1, 0.15) is 122 Å². The highest BCUT2D eigenvalue weighted by Crippen LogP contribution is 2.39. The highest BCUT2D eigenvalue weighted by atomic mass is 32.1. The molecule has 400 valence electrons. The van der Waals surface area contributed by atoms with E-state index < -0.39 is 17.5 Å². The Hall–Kier alpha value is -7.24. The quantitative estimate of drug-likeness (QED) is 0.0825. The molecule has 7 aromatic rings. The van der Waals surface area contributed by atoms with Gasteiger partial charge in [-0.2, -0.15) is 5.10 Å². The maximum Gasteiger partial charge on any atom is 0.358 e. The predicted molar refractivity (Wildman–Crippen MR) is 301 cm³/mol. The maximum absolute atomic E-state index is 14.2. The Morgan fingerprint density at radius 3 is 2.43 bits per heavy atom. The number of carbonyl (C=O) groups is 4. The molecule has 0 radical (unpaired) electrons. The highest BCUT2D eigenvalue weighted by molar-refractivity contribution is 7.22. The van der Waals surface area contributed by atoms with Crippen molar-refractivity contribution in [3.63, 3.8) is 0 Å². The molecule has 3 fully saturated rings. The second-order valence-electron chi connectivity index (χ2n) is 22.5. The van der Waals surface area contributed by atoms with Crippen LogP contribution in [0, 0.1) is 18.8 Å². The Morgan fingerprint density at radius 1 is 0.857 bits per heavy atom. The van der Waals surface area contributed by atoms with Crippen molar-refractivity contribution in [2.24, 2.45) is 18.9 Å². The van der Waals surface area contributed by atoms with Gasteiger partial charge in [-0.05, 0) is 149 Å². The summed E-state index contributed by atoms with van der Waals surface area (Å²) >= 11 is 1.45. The number of amides is 3. The zero-order valence-electron chi connectivity index (χ0n) is 44.9. The van der Waals surface area contributed by atoms with Gasteiger partial charge in [-0.25, -0.2) is 19.7 Å². The lowest BCUT2D eigenvalue weighted by Gasteiger charge is -2.37. The van der Waals surface area contributed by atoms with Crippen molar-refractivity contribution in [2.45, 2.75) is 110 Å². The summed E-state index contributed by atoms with van der Waals surface area (Å²) in [5, 5.41) is 11.8. The van der Waals surface area contributed by atoms with E-state index in [0.717, 1.165) is 113 Å². The second kappa shape index (κ2) is 21.6. The third kappa shape index (κ3) is 11.2. The highest BCUT2D eigenvalue weighted by Gasteiger charge is 2.34. The number of esters is 1. The Kier molecular flexibility index (Phi) is 14.6. The molecule has 0 bridgehead atoms. The third-order valence-electron chi connectivity index (χ3n) is 15.8. The van der Waals surface area contributed by atoms with Crippen molar-refractivity contribution in [1.29, 1.82) is 0 Å². The fourth-order valence-corrected chi connectivity index (χ4v) is 12.9. The van der Waals surface area contributed by atoms with Crippen molar-refractivity contribution in [2.75, 3.05) is 54.4 Å². The number of ether oxygens (including phenoxy) is 2. The number of nitrogens with zero attached hydrogens (tertiary/aromatic N) is 8. The van der Waals surface area contributed by atoms with E-state index >= 15 is 0 Å². The summed E-state index contributed by atoms with van der Waals surface area (Å²) in [7, 11) is 1.91. The average Bonchev–Trinajstić information content (AvgIpc) is 4.00. The number of piperidine rings is 1. The zero-order valence-corrected chi connectivity index (χ0v) is 45.8. The Bertz CT molecular complexity index is 3350. The lowest BCUT2D eigenvalue weighted by molar-refractivity contribution is -0.134. The fourth-order valence-electron chi connectivity index (χ4n) is 12.0. The molecule has 4 aromatic heterocycles. The van der Waals surface area contributed by atoms with E-state index in [2.05, 4.69) is 50.2 Å². The number of thiazole rings is 1. The third-order valence-corrected chi connectivity index (χ3v) is 16.8. The number of pyridine rings is 2. The van der Waals surface area contributed by atoms with Gasteiger partial charge >= 0.3 is 5.97 Å². The summed E-state index contributed by atoms with van der Waals surface area (Å²) in [5.74, 6) is 1.88. The molecular weight excluding hydrogens is 989 g/mol. The number of hydrogen-bond acceptors (Lipinski definition) is 14. The van der Waals surface area contributed by atoms with Crippen LogP contribution in [0.3, 0.4) is 0 Å². The summed E-state index contributed by atoms with van der Waals surface area (Å²) in [6.45, 7) is 15.8. The number of aryl methyl sites for hydroxylation is 1. The predicted octanol–water partition coefficient (Wildman–Crippen LogP) is 10.0. The summed E-state index contributed by atoms with van der Waals surface area (Å²) < 4.78 is 15.7. The molecule has 3 aromatic carbocycles. The van der Waals surface area contributed by atoms with Gasteiger partial charge in [-0.15, -0.1) is 0 Å². The molecule has 7 heterocycles. The first-order chi connectivity index (χ1) is 37.1. The van der Waals surface area contributed by atoms with Crippen molar-refractivity contribution in [3.05, 3.63) is 119 Å². The molecule has 3 aliphatic heterocycles. The lowest BCUT2D eigenvalue weighted by Crippen LogP contribution is -2.48. The number of carbonyl (C=O) groups excluding carboxylic acids is 4. The summed E-state index contributed by atoms with van der Waals surface area (Å²) in [6.07, 6.45) is 8.79. The number of benzene rings is 3. The van der Waals surface area contributed by atoms with Gasteiger partial charge in [0.15, 0.2) is 16.6 Å². The van der Waals surface area contributed by atoms with E-state index in [1.165, 1.54) is 17.8 Å². The number of rotatable bonds is 13. The largest absolute Gasteiger partial charge is 0.490 e. The van der Waals surface area contributed by atoms with Crippen LogP contribution in [0.25, 0.3) is 32.2 Å². The number of imide groups is 1. The van der Waals surface area contributed by atoms with Crippen LogP contribution < -0.4 is 25.2 Å². The normalized spacial score (nSPS) is 19.7. The van der Waals surface area contributed by atoms with Crippen LogP contribution in [0.4, 0.5) is 16.8 Å². The molecule has 4 aliphatic rings. The Morgan fingerprint density at radius 2 is 1.65 bits per heavy atom. The topological polar surface area (TPSA) is 177 Å². The molecule has 17 heteroatoms. The van der Waals surface area contributed by atoms with Gasteiger partial charge in [0.05, 0.1) is 27.9 Å². The molecule has 16 nitrogen and oxygen atoms in total. The van der Waals surface area contributed by atoms with Gasteiger partial charge < -0.3 is 19.3 Å². The molecule has 1 saturated carbocycles. The number of anilines is 3. The number of nitrogens with one attached hydrogen (secondary N) is 2. The summed E-state index contributed by atoms with van der Waals surface area (Å²) in [6, 6.07) is 25.7. The lowest BCUT2D eigenvalue weighted by atomic mass is 9.82. The van der Waals surface area contributed by atoms with E-state index in [-0.39, 0.29) is 29.5 Å². The maximum atomic E-state index is 14.2. The minimum absolute atomic E-state index is 0.0992. The summed E-state index contributed by atoms with van der Waals surface area (Å²) in [4.78, 5) is 74.2. The Labute approximate surface area is 453 Å². The van der Waals surface area contributed by atoms with Crippen LogP contribution in [-0.2, 0) is 34.3 Å².